The summed E-state index contributed by atoms with van der Waals surface area (Å²) in [6.45, 7) is 4.46. The van der Waals surface area contributed by atoms with Crippen LogP contribution in [0, 0.1) is 13.8 Å². The van der Waals surface area contributed by atoms with Crippen molar-refractivity contribution in [2.45, 2.75) is 45.1 Å². The van der Waals surface area contributed by atoms with Crippen LogP contribution >= 0.6 is 11.6 Å². The van der Waals surface area contributed by atoms with Crippen molar-refractivity contribution >= 4 is 17.6 Å². The zero-order valence-electron chi connectivity index (χ0n) is 19.5. The molecule has 0 bridgehead atoms. The Morgan fingerprint density at radius 2 is 1.82 bits per heavy atom. The van der Waals surface area contributed by atoms with Crippen LogP contribution in [0.3, 0.4) is 0 Å². The van der Waals surface area contributed by atoms with E-state index in [9.17, 15) is 9.90 Å². The molecule has 1 heterocycles. The number of esters is 1. The van der Waals surface area contributed by atoms with E-state index in [0.717, 1.165) is 57.7 Å². The van der Waals surface area contributed by atoms with Crippen molar-refractivity contribution in [3.05, 3.63) is 75.3 Å². The molecular formula is C28H27ClO5. The molecule has 0 aromatic heterocycles. The maximum Gasteiger partial charge on any atom is 0.306 e. The molecule has 0 radical (unpaired) electrons. The Kier molecular flexibility index (Phi) is 5.90. The van der Waals surface area contributed by atoms with Gasteiger partial charge in [0.05, 0.1) is 20.1 Å². The van der Waals surface area contributed by atoms with Gasteiger partial charge in [0, 0.05) is 28.1 Å². The number of benzene rings is 3. The van der Waals surface area contributed by atoms with Crippen LogP contribution in [0.15, 0.2) is 42.5 Å². The Morgan fingerprint density at radius 1 is 1.09 bits per heavy atom. The zero-order chi connectivity index (χ0) is 24.0. The molecule has 3 aromatic rings. The van der Waals surface area contributed by atoms with Gasteiger partial charge in [-0.1, -0.05) is 23.7 Å². The Bertz CT molecular complexity index is 1260. The van der Waals surface area contributed by atoms with Gasteiger partial charge in [-0.05, 0) is 78.8 Å². The standard InChI is InChI=1S/C28H27ClO5/c1-15-10-18(30)11-16(2)27(15)28-22-7-9-24(21(22)6-8-23(28)29)34-19-4-5-20-17(12-26(31)32-3)14-33-25(20)13-19/h4-6,8,10-11,13,17,24,30H,7,9,12,14H2,1-3H3. The minimum Gasteiger partial charge on any atom is -0.508 e. The fourth-order valence-electron chi connectivity index (χ4n) is 5.31. The smallest absolute Gasteiger partial charge is 0.306 e. The van der Waals surface area contributed by atoms with Crippen molar-refractivity contribution < 1.29 is 24.1 Å². The van der Waals surface area contributed by atoms with Gasteiger partial charge in [-0.25, -0.2) is 0 Å². The molecule has 2 atom stereocenters. The number of rotatable bonds is 5. The minimum absolute atomic E-state index is 0.00481. The average molecular weight is 479 g/mol. The van der Waals surface area contributed by atoms with Crippen LogP contribution in [0.1, 0.15) is 52.7 Å². The second-order valence-corrected chi connectivity index (χ2v) is 9.48. The van der Waals surface area contributed by atoms with Crippen molar-refractivity contribution in [3.63, 3.8) is 0 Å². The second kappa shape index (κ2) is 8.88. The van der Waals surface area contributed by atoms with Crippen LogP contribution in [0.2, 0.25) is 5.02 Å². The van der Waals surface area contributed by atoms with Crippen molar-refractivity contribution in [1.82, 2.24) is 0 Å². The van der Waals surface area contributed by atoms with E-state index in [2.05, 4.69) is 6.07 Å². The summed E-state index contributed by atoms with van der Waals surface area (Å²) in [5.74, 6) is 1.53. The first-order chi connectivity index (χ1) is 16.4. The number of phenols is 1. The van der Waals surface area contributed by atoms with Crippen LogP contribution in [0.5, 0.6) is 17.2 Å². The summed E-state index contributed by atoms with van der Waals surface area (Å²) in [6, 6.07) is 13.4. The zero-order valence-corrected chi connectivity index (χ0v) is 20.2. The average Bonchev–Trinajstić information content (AvgIpc) is 3.38. The van der Waals surface area contributed by atoms with Gasteiger partial charge in [0.15, 0.2) is 0 Å². The monoisotopic (exact) mass is 478 g/mol. The molecule has 1 aliphatic carbocycles. The molecule has 176 valence electrons. The third-order valence-corrected chi connectivity index (χ3v) is 7.17. The van der Waals surface area contributed by atoms with Crippen molar-refractivity contribution in [1.29, 1.82) is 0 Å². The lowest BCUT2D eigenvalue weighted by molar-refractivity contribution is -0.141. The van der Waals surface area contributed by atoms with E-state index in [4.69, 9.17) is 25.8 Å². The molecule has 0 spiro atoms. The van der Waals surface area contributed by atoms with Crippen LogP contribution in [-0.4, -0.2) is 24.8 Å². The SMILES string of the molecule is COC(=O)CC1COc2cc(OC3CCc4c3ccc(Cl)c4-c3c(C)cc(O)cc3C)ccc21. The largest absolute Gasteiger partial charge is 0.508 e. The predicted molar refractivity (Wildman–Crippen MR) is 131 cm³/mol. The molecule has 0 saturated heterocycles. The topological polar surface area (TPSA) is 65.0 Å². The predicted octanol–water partition coefficient (Wildman–Crippen LogP) is 6.43. The van der Waals surface area contributed by atoms with Crippen molar-refractivity contribution in [3.8, 4) is 28.4 Å². The maximum absolute atomic E-state index is 11.7. The molecule has 6 heteroatoms. The molecule has 2 unspecified atom stereocenters. The lowest BCUT2D eigenvalue weighted by Crippen LogP contribution is -2.09. The third-order valence-electron chi connectivity index (χ3n) is 6.85. The van der Waals surface area contributed by atoms with E-state index in [1.54, 1.807) is 12.1 Å². The second-order valence-electron chi connectivity index (χ2n) is 9.08. The minimum atomic E-state index is -0.238. The molecule has 5 rings (SSSR count). The van der Waals surface area contributed by atoms with E-state index in [0.29, 0.717) is 18.1 Å². The van der Waals surface area contributed by atoms with Crippen molar-refractivity contribution in [2.75, 3.05) is 13.7 Å². The molecule has 0 saturated carbocycles. The Balaban J connectivity index is 1.43. The van der Waals surface area contributed by atoms with Gasteiger partial charge < -0.3 is 19.3 Å². The van der Waals surface area contributed by atoms with Gasteiger partial charge in [0.1, 0.15) is 23.4 Å². The summed E-state index contributed by atoms with van der Waals surface area (Å²) < 4.78 is 17.1. The number of aromatic hydroxyl groups is 1. The normalized spacial score (nSPS) is 18.2. The summed E-state index contributed by atoms with van der Waals surface area (Å²) in [7, 11) is 1.40. The first-order valence-electron chi connectivity index (χ1n) is 11.5. The fourth-order valence-corrected chi connectivity index (χ4v) is 5.58. The van der Waals surface area contributed by atoms with Crippen LogP contribution < -0.4 is 9.47 Å². The highest BCUT2D eigenvalue weighted by Gasteiger charge is 2.31. The molecule has 0 fully saturated rings. The number of hydrogen-bond donors (Lipinski definition) is 1. The van der Waals surface area contributed by atoms with Crippen molar-refractivity contribution in [2.24, 2.45) is 0 Å². The first kappa shape index (κ1) is 22.6. The van der Waals surface area contributed by atoms with E-state index in [1.807, 2.05) is 38.1 Å². The number of carbonyl (C=O) groups is 1. The van der Waals surface area contributed by atoms with E-state index < -0.39 is 0 Å². The van der Waals surface area contributed by atoms with E-state index in [-0.39, 0.29) is 23.7 Å². The highest BCUT2D eigenvalue weighted by molar-refractivity contribution is 6.33. The molecule has 1 aliphatic heterocycles. The summed E-state index contributed by atoms with van der Waals surface area (Å²) in [4.78, 5) is 11.7. The summed E-state index contributed by atoms with van der Waals surface area (Å²) in [5, 5.41) is 10.7. The highest BCUT2D eigenvalue weighted by Crippen LogP contribution is 2.46. The van der Waals surface area contributed by atoms with Gasteiger partial charge in [0.2, 0.25) is 0 Å². The molecule has 3 aromatic carbocycles. The summed E-state index contributed by atoms with van der Waals surface area (Å²) in [5.41, 5.74) is 7.44. The lowest BCUT2D eigenvalue weighted by Gasteiger charge is -2.19. The van der Waals surface area contributed by atoms with Crippen LogP contribution in [0.4, 0.5) is 0 Å². The summed E-state index contributed by atoms with van der Waals surface area (Å²) in [6.07, 6.45) is 1.92. The van der Waals surface area contributed by atoms with Gasteiger partial charge in [0.25, 0.3) is 0 Å². The first-order valence-corrected chi connectivity index (χ1v) is 11.9. The quantitative estimate of drug-likeness (QED) is 0.428. The van der Waals surface area contributed by atoms with Gasteiger partial charge in [-0.15, -0.1) is 0 Å². The lowest BCUT2D eigenvalue weighted by atomic mass is 9.90. The van der Waals surface area contributed by atoms with Gasteiger partial charge in [-0.2, -0.15) is 0 Å². The molecule has 5 nitrogen and oxygen atoms in total. The maximum atomic E-state index is 11.7. The number of halogens is 1. The van der Waals surface area contributed by atoms with Crippen LogP contribution in [-0.2, 0) is 16.0 Å². The summed E-state index contributed by atoms with van der Waals surface area (Å²) >= 11 is 6.71. The Hall–Kier alpha value is -3.18. The molecule has 1 N–H and O–H groups in total. The number of ether oxygens (including phenoxy) is 3. The number of phenolic OH excluding ortho intramolecular Hbond substituents is 1. The number of carbonyl (C=O) groups excluding carboxylic acids is 1. The molecular weight excluding hydrogens is 452 g/mol. The molecule has 34 heavy (non-hydrogen) atoms. The Morgan fingerprint density at radius 3 is 2.56 bits per heavy atom. The van der Waals surface area contributed by atoms with Crippen LogP contribution in [0.25, 0.3) is 11.1 Å². The van der Waals surface area contributed by atoms with E-state index in [1.165, 1.54) is 12.7 Å². The van der Waals surface area contributed by atoms with Gasteiger partial charge >= 0.3 is 5.97 Å². The number of aryl methyl sites for hydroxylation is 2. The van der Waals surface area contributed by atoms with E-state index >= 15 is 0 Å². The molecule has 0 amide bonds. The highest BCUT2D eigenvalue weighted by atomic mass is 35.5. The third kappa shape index (κ3) is 3.98. The van der Waals surface area contributed by atoms with Gasteiger partial charge in [-0.3, -0.25) is 4.79 Å². The Labute approximate surface area is 204 Å². The molecule has 2 aliphatic rings. The number of fused-ring (bicyclic) bond motifs is 2. The fraction of sp³-hybridized carbons (Fsp3) is 0.321. The number of hydrogen-bond acceptors (Lipinski definition) is 5. The number of methoxy groups -OCH3 is 1.